The number of hydrogen-bond donors (Lipinski definition) is 1. The van der Waals surface area contributed by atoms with Crippen LogP contribution in [0.5, 0.6) is 0 Å². The molecule has 1 aromatic rings. The van der Waals surface area contributed by atoms with Crippen molar-refractivity contribution < 1.29 is 34.9 Å². The number of hydrogen-bond acceptors (Lipinski definition) is 7. The van der Waals surface area contributed by atoms with Gasteiger partial charge in [0.15, 0.2) is 14.9 Å². The standard InChI is InChI=1S/C10H11F3N2O6S2/c1-2-14-8-4-3-7(5-9(8)15(16)17)22(18,19)6-23(20,21)10(11,12)13/h3-5,14H,2,6H2,1H3. The number of halogens is 3. The maximum Gasteiger partial charge on any atom is 0.498 e. The Labute approximate surface area is 129 Å². The molecule has 0 atom stereocenters. The van der Waals surface area contributed by atoms with Crippen molar-refractivity contribution in [3.63, 3.8) is 0 Å². The summed E-state index contributed by atoms with van der Waals surface area (Å²) >= 11 is 0. The highest BCUT2D eigenvalue weighted by Crippen LogP contribution is 2.31. The van der Waals surface area contributed by atoms with Gasteiger partial charge in [0.2, 0.25) is 0 Å². The summed E-state index contributed by atoms with van der Waals surface area (Å²) in [5.41, 5.74) is -6.48. The van der Waals surface area contributed by atoms with Gasteiger partial charge in [-0.15, -0.1) is 0 Å². The summed E-state index contributed by atoms with van der Waals surface area (Å²) in [4.78, 5) is 9.07. The molecule has 23 heavy (non-hydrogen) atoms. The van der Waals surface area contributed by atoms with Crippen molar-refractivity contribution >= 4 is 31.0 Å². The summed E-state index contributed by atoms with van der Waals surface area (Å²) in [6.45, 7) is 1.89. The number of nitro benzene ring substituents is 1. The Morgan fingerprint density at radius 3 is 2.22 bits per heavy atom. The van der Waals surface area contributed by atoms with Crippen LogP contribution in [0.4, 0.5) is 24.5 Å². The topological polar surface area (TPSA) is 123 Å². The Balaban J connectivity index is 3.35. The van der Waals surface area contributed by atoms with Crippen molar-refractivity contribution in [2.45, 2.75) is 17.3 Å². The normalized spacial score (nSPS) is 12.9. The van der Waals surface area contributed by atoms with Crippen LogP contribution in [-0.2, 0) is 19.7 Å². The number of nitro groups is 1. The first-order valence-corrected chi connectivity index (χ1v) is 9.16. The predicted molar refractivity (Wildman–Crippen MR) is 74.3 cm³/mol. The zero-order valence-corrected chi connectivity index (χ0v) is 13.1. The molecule has 130 valence electrons. The van der Waals surface area contributed by atoms with Crippen LogP contribution in [-0.4, -0.2) is 38.9 Å². The summed E-state index contributed by atoms with van der Waals surface area (Å²) < 4.78 is 82.4. The molecule has 0 aromatic heterocycles. The summed E-state index contributed by atoms with van der Waals surface area (Å²) in [6, 6.07) is 2.29. The monoisotopic (exact) mass is 376 g/mol. The molecule has 0 fully saturated rings. The predicted octanol–water partition coefficient (Wildman–Crippen LogP) is 1.69. The third kappa shape index (κ3) is 4.31. The highest BCUT2D eigenvalue weighted by Gasteiger charge is 2.48. The summed E-state index contributed by atoms with van der Waals surface area (Å²) in [5, 5.41) is 11.2. The van der Waals surface area contributed by atoms with E-state index in [4.69, 9.17) is 0 Å². The van der Waals surface area contributed by atoms with Gasteiger partial charge in [-0.1, -0.05) is 0 Å². The van der Waals surface area contributed by atoms with Gasteiger partial charge in [0.25, 0.3) is 15.5 Å². The van der Waals surface area contributed by atoms with E-state index in [0.29, 0.717) is 6.07 Å². The van der Waals surface area contributed by atoms with E-state index in [1.807, 2.05) is 0 Å². The van der Waals surface area contributed by atoms with Gasteiger partial charge in [-0.2, -0.15) is 13.2 Å². The molecule has 0 aliphatic rings. The molecule has 0 saturated carbocycles. The van der Waals surface area contributed by atoms with Crippen LogP contribution in [0.1, 0.15) is 6.92 Å². The molecule has 1 rings (SSSR count). The lowest BCUT2D eigenvalue weighted by molar-refractivity contribution is -0.384. The van der Waals surface area contributed by atoms with Crippen molar-refractivity contribution in [2.24, 2.45) is 0 Å². The van der Waals surface area contributed by atoms with E-state index in [1.54, 1.807) is 6.92 Å². The molecule has 13 heteroatoms. The number of nitrogens with one attached hydrogen (secondary N) is 1. The molecular formula is C10H11F3N2O6S2. The lowest BCUT2D eigenvalue weighted by Crippen LogP contribution is -2.30. The summed E-state index contributed by atoms with van der Waals surface area (Å²) in [7, 11) is -10.9. The SMILES string of the molecule is CCNc1ccc(S(=O)(=O)CS(=O)(=O)C(F)(F)F)cc1[N+](=O)[O-]. The lowest BCUT2D eigenvalue weighted by atomic mass is 10.2. The van der Waals surface area contributed by atoms with E-state index in [-0.39, 0.29) is 12.2 Å². The molecule has 0 amide bonds. The highest BCUT2D eigenvalue weighted by molar-refractivity contribution is 8.08. The number of benzene rings is 1. The Bertz CT molecular complexity index is 817. The fourth-order valence-electron chi connectivity index (χ4n) is 1.54. The molecule has 1 N–H and O–H groups in total. The van der Waals surface area contributed by atoms with Gasteiger partial charge in [-0.3, -0.25) is 10.1 Å². The van der Waals surface area contributed by atoms with Crippen LogP contribution in [0.15, 0.2) is 23.1 Å². The van der Waals surface area contributed by atoms with Crippen molar-refractivity contribution in [3.05, 3.63) is 28.3 Å². The van der Waals surface area contributed by atoms with Gasteiger partial charge in [0.1, 0.15) is 5.69 Å². The van der Waals surface area contributed by atoms with Crippen LogP contribution in [0.2, 0.25) is 0 Å². The second-order valence-electron chi connectivity index (χ2n) is 4.26. The van der Waals surface area contributed by atoms with E-state index >= 15 is 0 Å². The Morgan fingerprint density at radius 2 is 1.78 bits per heavy atom. The molecule has 0 heterocycles. The average molecular weight is 376 g/mol. The van der Waals surface area contributed by atoms with Gasteiger partial charge in [0, 0.05) is 12.6 Å². The number of alkyl halides is 3. The van der Waals surface area contributed by atoms with Crippen molar-refractivity contribution in [1.82, 2.24) is 0 Å². The quantitative estimate of drug-likeness (QED) is 0.592. The first kappa shape index (κ1) is 19.2. The number of rotatable bonds is 6. The minimum Gasteiger partial charge on any atom is -0.380 e. The van der Waals surface area contributed by atoms with Crippen molar-refractivity contribution in [1.29, 1.82) is 0 Å². The van der Waals surface area contributed by atoms with Crippen LogP contribution in [0.3, 0.4) is 0 Å². The third-order valence-corrected chi connectivity index (χ3v) is 6.72. The Hall–Kier alpha value is -1.89. The molecular weight excluding hydrogens is 365 g/mol. The first-order chi connectivity index (χ1) is 10.3. The number of anilines is 1. The minimum absolute atomic E-state index is 0.0462. The van der Waals surface area contributed by atoms with Gasteiger partial charge < -0.3 is 5.32 Å². The van der Waals surface area contributed by atoms with Crippen LogP contribution in [0, 0.1) is 10.1 Å². The number of sulfone groups is 2. The molecule has 0 radical (unpaired) electrons. The van der Waals surface area contributed by atoms with Crippen LogP contribution in [0.25, 0.3) is 0 Å². The maximum absolute atomic E-state index is 12.3. The van der Waals surface area contributed by atoms with Crippen molar-refractivity contribution in [2.75, 3.05) is 16.9 Å². The fraction of sp³-hybridized carbons (Fsp3) is 0.400. The molecule has 0 aliphatic carbocycles. The smallest absolute Gasteiger partial charge is 0.380 e. The van der Waals surface area contributed by atoms with Gasteiger partial charge in [-0.05, 0) is 19.1 Å². The number of nitrogens with zero attached hydrogens (tertiary/aromatic N) is 1. The van der Waals surface area contributed by atoms with E-state index in [0.717, 1.165) is 12.1 Å². The maximum atomic E-state index is 12.3. The van der Waals surface area contributed by atoms with Crippen molar-refractivity contribution in [3.8, 4) is 0 Å². The molecule has 0 unspecified atom stereocenters. The average Bonchev–Trinajstić information content (AvgIpc) is 2.36. The summed E-state index contributed by atoms with van der Waals surface area (Å²) in [6.07, 6.45) is 0. The molecule has 0 spiro atoms. The van der Waals surface area contributed by atoms with Crippen LogP contribution < -0.4 is 5.32 Å². The van der Waals surface area contributed by atoms with Crippen LogP contribution >= 0.6 is 0 Å². The second kappa shape index (κ2) is 6.31. The molecule has 0 aliphatic heterocycles. The van der Waals surface area contributed by atoms with E-state index in [2.05, 4.69) is 5.32 Å². The Kier molecular flexibility index (Phi) is 5.26. The zero-order chi connectivity index (χ0) is 18.1. The highest BCUT2D eigenvalue weighted by atomic mass is 32.3. The van der Waals surface area contributed by atoms with Gasteiger partial charge >= 0.3 is 5.51 Å². The van der Waals surface area contributed by atoms with E-state index in [9.17, 15) is 40.1 Å². The molecule has 1 aromatic carbocycles. The lowest BCUT2D eigenvalue weighted by Gasteiger charge is -2.10. The summed E-state index contributed by atoms with van der Waals surface area (Å²) in [5.74, 6) is 0. The van der Waals surface area contributed by atoms with Gasteiger partial charge in [-0.25, -0.2) is 16.8 Å². The fourth-order valence-corrected chi connectivity index (χ4v) is 4.81. The molecule has 8 nitrogen and oxygen atoms in total. The zero-order valence-electron chi connectivity index (χ0n) is 11.5. The Morgan fingerprint density at radius 1 is 1.22 bits per heavy atom. The molecule has 0 saturated heterocycles. The van der Waals surface area contributed by atoms with Gasteiger partial charge in [0.05, 0.1) is 9.82 Å². The molecule has 0 bridgehead atoms. The van der Waals surface area contributed by atoms with E-state index < -0.39 is 45.8 Å². The van der Waals surface area contributed by atoms with E-state index in [1.165, 1.54) is 0 Å². The minimum atomic E-state index is -5.93. The second-order valence-corrected chi connectivity index (χ2v) is 8.60. The third-order valence-electron chi connectivity index (χ3n) is 2.56. The first-order valence-electron chi connectivity index (χ1n) is 5.86. The largest absolute Gasteiger partial charge is 0.498 e.